The van der Waals surface area contributed by atoms with Gasteiger partial charge in [0.15, 0.2) is 0 Å². The Balaban J connectivity index is 2.58. The highest BCUT2D eigenvalue weighted by molar-refractivity contribution is 7.89. The van der Waals surface area contributed by atoms with E-state index in [1.807, 2.05) is 13.8 Å². The minimum Gasteiger partial charge on any atom is -0.389 e. The summed E-state index contributed by atoms with van der Waals surface area (Å²) in [4.78, 5) is 0.153. The van der Waals surface area contributed by atoms with Gasteiger partial charge in [-0.25, -0.2) is 13.1 Å². The monoisotopic (exact) mass is 301 g/mol. The normalized spacial score (nSPS) is 13.7. The van der Waals surface area contributed by atoms with Crippen molar-refractivity contribution in [2.24, 2.45) is 5.92 Å². The van der Waals surface area contributed by atoms with Crippen molar-refractivity contribution in [3.05, 3.63) is 29.8 Å². The second-order valence-corrected chi connectivity index (χ2v) is 6.88. The van der Waals surface area contributed by atoms with E-state index in [4.69, 9.17) is 4.74 Å². The average Bonchev–Trinajstić information content (AvgIpc) is 2.38. The fraction of sp³-hybridized carbons (Fsp3) is 0.571. The quantitative estimate of drug-likeness (QED) is 0.717. The van der Waals surface area contributed by atoms with Gasteiger partial charge in [0.1, 0.15) is 0 Å². The molecule has 1 aromatic carbocycles. The van der Waals surface area contributed by atoms with Crippen LogP contribution in [0.4, 0.5) is 0 Å². The van der Waals surface area contributed by atoms with Crippen molar-refractivity contribution in [2.75, 3.05) is 19.8 Å². The second kappa shape index (κ2) is 7.73. The smallest absolute Gasteiger partial charge is 0.240 e. The largest absolute Gasteiger partial charge is 0.389 e. The van der Waals surface area contributed by atoms with Crippen molar-refractivity contribution in [3.8, 4) is 0 Å². The molecule has 0 aliphatic rings. The van der Waals surface area contributed by atoms with E-state index in [0.29, 0.717) is 24.7 Å². The summed E-state index contributed by atoms with van der Waals surface area (Å²) in [6, 6.07) is 6.28. The van der Waals surface area contributed by atoms with Crippen LogP contribution in [0.1, 0.15) is 32.4 Å². The van der Waals surface area contributed by atoms with E-state index in [-0.39, 0.29) is 11.4 Å². The third-order valence-corrected chi connectivity index (χ3v) is 4.10. The lowest BCUT2D eigenvalue weighted by Crippen LogP contribution is -2.28. The fourth-order valence-corrected chi connectivity index (χ4v) is 2.66. The van der Waals surface area contributed by atoms with Crippen LogP contribution in [0.3, 0.4) is 0 Å². The van der Waals surface area contributed by atoms with Gasteiger partial charge < -0.3 is 9.84 Å². The van der Waals surface area contributed by atoms with E-state index in [0.717, 1.165) is 0 Å². The Hall–Kier alpha value is -0.950. The van der Waals surface area contributed by atoms with Gasteiger partial charge in [-0.1, -0.05) is 26.0 Å². The SMILES string of the molecule is CC(C)COCCNS(=O)(=O)c1cccc(C(C)O)c1. The van der Waals surface area contributed by atoms with E-state index >= 15 is 0 Å². The fourth-order valence-electron chi connectivity index (χ4n) is 1.59. The van der Waals surface area contributed by atoms with Gasteiger partial charge in [-0.15, -0.1) is 0 Å². The molecule has 1 rings (SSSR count). The lowest BCUT2D eigenvalue weighted by molar-refractivity contribution is 0.114. The van der Waals surface area contributed by atoms with Gasteiger partial charge in [0, 0.05) is 13.2 Å². The number of benzene rings is 1. The van der Waals surface area contributed by atoms with Gasteiger partial charge >= 0.3 is 0 Å². The number of hydrogen-bond acceptors (Lipinski definition) is 4. The zero-order chi connectivity index (χ0) is 15.2. The van der Waals surface area contributed by atoms with Gasteiger partial charge in [-0.2, -0.15) is 0 Å². The minimum absolute atomic E-state index is 0.153. The highest BCUT2D eigenvalue weighted by atomic mass is 32.2. The van der Waals surface area contributed by atoms with Crippen molar-refractivity contribution >= 4 is 10.0 Å². The third kappa shape index (κ3) is 5.58. The zero-order valence-electron chi connectivity index (χ0n) is 12.2. The Morgan fingerprint density at radius 2 is 2.00 bits per heavy atom. The molecule has 0 radical (unpaired) electrons. The molecule has 20 heavy (non-hydrogen) atoms. The van der Waals surface area contributed by atoms with Crippen LogP contribution in [0.25, 0.3) is 0 Å². The predicted octanol–water partition coefficient (Wildman–Crippen LogP) is 1.69. The third-order valence-electron chi connectivity index (χ3n) is 2.64. The van der Waals surface area contributed by atoms with Crippen molar-refractivity contribution in [1.29, 1.82) is 0 Å². The van der Waals surface area contributed by atoms with Gasteiger partial charge in [0.05, 0.1) is 17.6 Å². The molecule has 0 saturated carbocycles. The van der Waals surface area contributed by atoms with E-state index < -0.39 is 16.1 Å². The molecule has 5 nitrogen and oxygen atoms in total. The molecule has 0 saturated heterocycles. The van der Waals surface area contributed by atoms with Crippen molar-refractivity contribution in [2.45, 2.75) is 31.8 Å². The lowest BCUT2D eigenvalue weighted by atomic mass is 10.1. The van der Waals surface area contributed by atoms with E-state index in [1.54, 1.807) is 19.1 Å². The highest BCUT2D eigenvalue weighted by Gasteiger charge is 2.14. The summed E-state index contributed by atoms with van der Waals surface area (Å²) in [5.41, 5.74) is 0.573. The maximum atomic E-state index is 12.1. The first-order valence-corrected chi connectivity index (χ1v) is 8.16. The maximum Gasteiger partial charge on any atom is 0.240 e. The minimum atomic E-state index is -3.56. The molecule has 0 heterocycles. The maximum absolute atomic E-state index is 12.1. The lowest BCUT2D eigenvalue weighted by Gasteiger charge is -2.10. The van der Waals surface area contributed by atoms with E-state index in [9.17, 15) is 13.5 Å². The summed E-state index contributed by atoms with van der Waals surface area (Å²) >= 11 is 0. The molecule has 114 valence electrons. The zero-order valence-corrected chi connectivity index (χ0v) is 13.0. The number of hydrogen-bond donors (Lipinski definition) is 2. The molecule has 0 spiro atoms. The summed E-state index contributed by atoms with van der Waals surface area (Å²) in [5, 5.41) is 9.48. The molecule has 0 fully saturated rings. The Morgan fingerprint density at radius 1 is 1.30 bits per heavy atom. The number of ether oxygens (including phenoxy) is 1. The van der Waals surface area contributed by atoms with Crippen molar-refractivity contribution in [1.82, 2.24) is 4.72 Å². The summed E-state index contributed by atoms with van der Waals surface area (Å²) in [6.07, 6.45) is -0.695. The molecule has 2 N–H and O–H groups in total. The number of sulfonamides is 1. The van der Waals surface area contributed by atoms with Crippen LogP contribution in [0.15, 0.2) is 29.2 Å². The van der Waals surface area contributed by atoms with Crippen LogP contribution in [0.5, 0.6) is 0 Å². The topological polar surface area (TPSA) is 75.6 Å². The number of nitrogens with one attached hydrogen (secondary N) is 1. The van der Waals surface area contributed by atoms with Crippen molar-refractivity contribution < 1.29 is 18.3 Å². The summed E-state index contributed by atoms with van der Waals surface area (Å²) in [6.45, 7) is 6.84. The Bertz CT molecular complexity index is 512. The van der Waals surface area contributed by atoms with E-state index in [2.05, 4.69) is 4.72 Å². The second-order valence-electron chi connectivity index (χ2n) is 5.11. The number of aliphatic hydroxyl groups is 1. The molecule has 1 unspecified atom stereocenters. The van der Waals surface area contributed by atoms with Crippen LogP contribution in [0.2, 0.25) is 0 Å². The molecule has 1 atom stereocenters. The number of aliphatic hydroxyl groups excluding tert-OH is 1. The predicted molar refractivity (Wildman–Crippen MR) is 77.9 cm³/mol. The highest BCUT2D eigenvalue weighted by Crippen LogP contribution is 2.16. The molecule has 6 heteroatoms. The molecular weight excluding hydrogens is 278 g/mol. The molecular formula is C14H23NO4S. The Kier molecular flexibility index (Phi) is 6.61. The van der Waals surface area contributed by atoms with Crippen LogP contribution in [-0.2, 0) is 14.8 Å². The van der Waals surface area contributed by atoms with Gasteiger partial charge in [-0.05, 0) is 30.5 Å². The van der Waals surface area contributed by atoms with Gasteiger partial charge in [-0.3, -0.25) is 0 Å². The Labute approximate surface area is 121 Å². The first kappa shape index (κ1) is 17.1. The first-order valence-electron chi connectivity index (χ1n) is 6.68. The van der Waals surface area contributed by atoms with Crippen LogP contribution in [-0.4, -0.2) is 33.3 Å². The summed E-state index contributed by atoms with van der Waals surface area (Å²) < 4.78 is 31.9. The standard InChI is InChI=1S/C14H23NO4S/c1-11(2)10-19-8-7-15-20(17,18)14-6-4-5-13(9-14)12(3)16/h4-6,9,11-12,15-16H,7-8,10H2,1-3H3. The summed E-state index contributed by atoms with van der Waals surface area (Å²) in [5.74, 6) is 0.425. The van der Waals surface area contributed by atoms with E-state index in [1.165, 1.54) is 12.1 Å². The molecule has 0 aliphatic heterocycles. The molecule has 0 amide bonds. The molecule has 0 aliphatic carbocycles. The van der Waals surface area contributed by atoms with Gasteiger partial charge in [0.2, 0.25) is 10.0 Å². The van der Waals surface area contributed by atoms with Crippen LogP contribution < -0.4 is 4.72 Å². The van der Waals surface area contributed by atoms with Gasteiger partial charge in [0.25, 0.3) is 0 Å². The number of rotatable bonds is 8. The van der Waals surface area contributed by atoms with Crippen molar-refractivity contribution in [3.63, 3.8) is 0 Å². The van der Waals surface area contributed by atoms with Crippen LogP contribution >= 0.6 is 0 Å². The molecule has 0 bridgehead atoms. The summed E-state index contributed by atoms with van der Waals surface area (Å²) in [7, 11) is -3.56. The van der Waals surface area contributed by atoms with Crippen LogP contribution in [0, 0.1) is 5.92 Å². The molecule has 1 aromatic rings. The Morgan fingerprint density at radius 3 is 2.60 bits per heavy atom. The average molecular weight is 301 g/mol. The first-order chi connectivity index (χ1) is 9.33. The molecule has 0 aromatic heterocycles.